The van der Waals surface area contributed by atoms with Crippen LogP contribution in [0.1, 0.15) is 60.3 Å². The van der Waals surface area contributed by atoms with Crippen LogP contribution in [-0.4, -0.2) is 53.6 Å². The van der Waals surface area contributed by atoms with E-state index in [0.29, 0.717) is 25.0 Å². The molecule has 1 N–H and O–H groups in total. The van der Waals surface area contributed by atoms with Crippen LogP contribution in [0, 0.1) is 28.6 Å². The highest BCUT2D eigenvalue weighted by Gasteiger charge is 2.78. The molecule has 0 aromatic carbocycles. The molecule has 1 saturated heterocycles. The second-order valence-corrected chi connectivity index (χ2v) is 11.3. The first-order chi connectivity index (χ1) is 16.0. The number of aliphatic hydroxyl groups excluding tert-OH is 1. The lowest BCUT2D eigenvalue weighted by atomic mass is 9.44. The van der Waals surface area contributed by atoms with E-state index in [1.807, 2.05) is 27.7 Å². The molecule has 7 heteroatoms. The average molecular weight is 479 g/mol. The molecule has 10 atom stereocenters. The zero-order valence-corrected chi connectivity index (χ0v) is 20.7. The number of fused-ring (bicyclic) bond motifs is 6. The fraction of sp³-hybridized carbons (Fsp3) is 0.778. The van der Waals surface area contributed by atoms with Gasteiger partial charge in [-0.2, -0.15) is 0 Å². The molecular weight excluding hydrogens is 442 g/mol. The van der Waals surface area contributed by atoms with Crippen molar-refractivity contribution >= 4 is 5.78 Å². The van der Waals surface area contributed by atoms with Crippen molar-refractivity contribution in [1.29, 1.82) is 0 Å². The summed E-state index contributed by atoms with van der Waals surface area (Å²) in [6.45, 7) is 9.39. The lowest BCUT2D eigenvalue weighted by Gasteiger charge is -2.64. The summed E-state index contributed by atoms with van der Waals surface area (Å²) in [4.78, 5) is 13.6. The second kappa shape index (κ2) is 7.57. The van der Waals surface area contributed by atoms with Crippen molar-refractivity contribution < 1.29 is 32.9 Å². The van der Waals surface area contributed by atoms with Crippen molar-refractivity contribution in [3.8, 4) is 0 Å². The van der Waals surface area contributed by atoms with E-state index < -0.39 is 46.3 Å². The fourth-order valence-electron chi connectivity index (χ4n) is 8.43. The van der Waals surface area contributed by atoms with Crippen LogP contribution in [-0.2, 0) is 19.0 Å². The summed E-state index contributed by atoms with van der Waals surface area (Å²) in [5.74, 6) is -3.00. The van der Waals surface area contributed by atoms with E-state index in [1.165, 1.54) is 0 Å². The van der Waals surface area contributed by atoms with Gasteiger partial charge in [-0.15, -0.1) is 5.73 Å². The summed E-state index contributed by atoms with van der Waals surface area (Å²) in [6, 6.07) is 0. The molecule has 4 fully saturated rings. The Morgan fingerprint density at radius 3 is 2.68 bits per heavy atom. The van der Waals surface area contributed by atoms with Crippen molar-refractivity contribution in [3.63, 3.8) is 0 Å². The Morgan fingerprint density at radius 1 is 1.26 bits per heavy atom. The Hall–Kier alpha value is -1.37. The Balaban J connectivity index is 1.64. The Morgan fingerprint density at radius 2 is 2.00 bits per heavy atom. The largest absolute Gasteiger partial charge is 0.390 e. The highest BCUT2D eigenvalue weighted by molar-refractivity contribution is 5.91. The van der Waals surface area contributed by atoms with E-state index in [1.54, 1.807) is 25.2 Å². The third-order valence-corrected chi connectivity index (χ3v) is 9.97. The molecule has 188 valence electrons. The maximum absolute atomic E-state index is 17.3. The molecule has 5 aliphatic rings. The van der Waals surface area contributed by atoms with Crippen molar-refractivity contribution in [1.82, 2.24) is 0 Å². The molecule has 1 heterocycles. The van der Waals surface area contributed by atoms with Gasteiger partial charge in [0.05, 0.1) is 11.5 Å². The van der Waals surface area contributed by atoms with Gasteiger partial charge in [0.25, 0.3) is 5.97 Å². The lowest BCUT2D eigenvalue weighted by molar-refractivity contribution is -0.435. The predicted molar refractivity (Wildman–Crippen MR) is 121 cm³/mol. The first kappa shape index (κ1) is 24.3. The number of carbonyl (C=O) groups is 1. The minimum atomic E-state index is -2.08. The van der Waals surface area contributed by atoms with E-state index in [0.717, 1.165) is 0 Å². The standard InChI is InChI=1S/C27H36F2O5/c1-6-25(32-7-2)33-15-22(31)27(34-25)16(3)12-18-19-13-20(28)17-10-8-9-11-23(17,4)26(19,29)21(30)14-24(18,27)5/h8,10-11,16,18-21,30H,6-7,12-15H2,1-5H3/t16-,18-,19-,20-,21-,23-,24-,25?,26-,27-/m0/s1. The van der Waals surface area contributed by atoms with Crippen LogP contribution in [0.2, 0.25) is 0 Å². The zero-order chi connectivity index (χ0) is 24.7. The number of Topliss-reactive ketones (excluding diaryl/α,β-unsaturated/α-hetero) is 1. The highest BCUT2D eigenvalue weighted by Crippen LogP contribution is 2.72. The highest BCUT2D eigenvalue weighted by atomic mass is 19.1. The molecule has 0 aromatic rings. The van der Waals surface area contributed by atoms with Crippen molar-refractivity contribution in [2.24, 2.45) is 28.6 Å². The lowest BCUT2D eigenvalue weighted by Crippen LogP contribution is -2.73. The minimum absolute atomic E-state index is 0.0318. The van der Waals surface area contributed by atoms with E-state index in [2.05, 4.69) is 5.73 Å². The molecule has 4 aliphatic carbocycles. The quantitative estimate of drug-likeness (QED) is 0.601. The van der Waals surface area contributed by atoms with Crippen LogP contribution in [0.15, 0.2) is 29.5 Å². The molecule has 5 rings (SSSR count). The van der Waals surface area contributed by atoms with Crippen LogP contribution in [0.4, 0.5) is 8.78 Å². The number of alkyl halides is 2. The van der Waals surface area contributed by atoms with Gasteiger partial charge in [0.2, 0.25) is 0 Å². The number of halogens is 2. The average Bonchev–Trinajstić information content (AvgIpc) is 3.00. The number of aliphatic hydroxyl groups is 1. The number of allylic oxidation sites excluding steroid dienone is 3. The van der Waals surface area contributed by atoms with Gasteiger partial charge < -0.3 is 19.3 Å². The van der Waals surface area contributed by atoms with E-state index in [-0.39, 0.29) is 37.1 Å². The summed E-state index contributed by atoms with van der Waals surface area (Å²) in [7, 11) is 0. The summed E-state index contributed by atoms with van der Waals surface area (Å²) in [5, 5.41) is 11.5. The molecule has 1 unspecified atom stereocenters. The van der Waals surface area contributed by atoms with Gasteiger partial charge in [-0.25, -0.2) is 8.78 Å². The maximum atomic E-state index is 17.3. The molecule has 0 bridgehead atoms. The summed E-state index contributed by atoms with van der Waals surface area (Å²) in [5.41, 5.74) is -2.30. The number of ether oxygens (including phenoxy) is 3. The Labute approximate surface area is 200 Å². The van der Waals surface area contributed by atoms with E-state index in [9.17, 15) is 9.90 Å². The van der Waals surface area contributed by atoms with Crippen molar-refractivity contribution in [2.75, 3.05) is 13.2 Å². The Kier molecular flexibility index (Phi) is 5.41. The van der Waals surface area contributed by atoms with E-state index >= 15 is 8.78 Å². The molecule has 0 radical (unpaired) electrons. The minimum Gasteiger partial charge on any atom is -0.390 e. The first-order valence-electron chi connectivity index (χ1n) is 12.6. The van der Waals surface area contributed by atoms with Gasteiger partial charge in [0.1, 0.15) is 18.4 Å². The molecule has 3 saturated carbocycles. The molecule has 5 nitrogen and oxygen atoms in total. The topological polar surface area (TPSA) is 65.0 Å². The van der Waals surface area contributed by atoms with Crippen molar-refractivity contribution in [3.05, 3.63) is 29.5 Å². The molecule has 0 amide bonds. The van der Waals surface area contributed by atoms with Gasteiger partial charge in [0, 0.05) is 24.4 Å². The van der Waals surface area contributed by atoms with Crippen LogP contribution in [0.25, 0.3) is 0 Å². The third-order valence-electron chi connectivity index (χ3n) is 9.97. The molecule has 34 heavy (non-hydrogen) atoms. The maximum Gasteiger partial charge on any atom is 0.284 e. The van der Waals surface area contributed by atoms with Crippen LogP contribution in [0.5, 0.6) is 0 Å². The Bertz CT molecular complexity index is 990. The SMILES string of the molecule is CCOC1(CC)OCC(=O)[C@@]2(O1)[C@@H](C)C[C@H]1[C@@H]3C[C@H](F)C4=CC=C=C[C@]4(C)[C@@]3(F)[C@@H](O)C[C@@]12C. The van der Waals surface area contributed by atoms with Crippen LogP contribution >= 0.6 is 0 Å². The van der Waals surface area contributed by atoms with Crippen LogP contribution < -0.4 is 0 Å². The van der Waals surface area contributed by atoms with Crippen molar-refractivity contribution in [2.45, 2.75) is 89.8 Å². The monoisotopic (exact) mass is 478 g/mol. The molecule has 1 spiro atoms. The normalized spacial score (nSPS) is 53.9. The van der Waals surface area contributed by atoms with Gasteiger partial charge in [-0.3, -0.25) is 4.79 Å². The number of carbonyl (C=O) groups excluding carboxylic acids is 1. The van der Waals surface area contributed by atoms with Gasteiger partial charge in [-0.1, -0.05) is 26.8 Å². The van der Waals surface area contributed by atoms with Gasteiger partial charge in [-0.05, 0) is 62.7 Å². The number of hydrogen-bond donors (Lipinski definition) is 1. The number of hydrogen-bond acceptors (Lipinski definition) is 5. The fourth-order valence-corrected chi connectivity index (χ4v) is 8.43. The predicted octanol–water partition coefficient (Wildman–Crippen LogP) is 4.59. The third kappa shape index (κ3) is 2.66. The zero-order valence-electron chi connectivity index (χ0n) is 20.7. The summed E-state index contributed by atoms with van der Waals surface area (Å²) < 4.78 is 51.1. The number of rotatable bonds is 3. The molecule has 1 aliphatic heterocycles. The van der Waals surface area contributed by atoms with Gasteiger partial charge >= 0.3 is 0 Å². The van der Waals surface area contributed by atoms with Crippen LogP contribution in [0.3, 0.4) is 0 Å². The van der Waals surface area contributed by atoms with E-state index in [4.69, 9.17) is 14.2 Å². The second-order valence-electron chi connectivity index (χ2n) is 11.3. The smallest absolute Gasteiger partial charge is 0.284 e. The summed E-state index contributed by atoms with van der Waals surface area (Å²) >= 11 is 0. The molecular formula is C27H36F2O5. The summed E-state index contributed by atoms with van der Waals surface area (Å²) in [6.07, 6.45) is 2.92. The van der Waals surface area contributed by atoms with Gasteiger partial charge in [0.15, 0.2) is 11.5 Å². The molecule has 0 aromatic heterocycles. The number of ketones is 1. The first-order valence-corrected chi connectivity index (χ1v) is 12.6.